The summed E-state index contributed by atoms with van der Waals surface area (Å²) in [5.41, 5.74) is -0.683. The number of carboxylic acids is 1. The first-order valence-electron chi connectivity index (χ1n) is 6.36. The molecule has 1 amide bonds. The van der Waals surface area contributed by atoms with Gasteiger partial charge in [-0.05, 0) is 32.2 Å². The third-order valence-electron chi connectivity index (χ3n) is 4.03. The maximum absolute atomic E-state index is 11.9. The monoisotopic (exact) mass is 240 g/mol. The Kier molecular flexibility index (Phi) is 3.66. The van der Waals surface area contributed by atoms with E-state index in [0.29, 0.717) is 19.4 Å². The zero-order valence-electron chi connectivity index (χ0n) is 10.00. The van der Waals surface area contributed by atoms with Gasteiger partial charge in [-0.3, -0.25) is 9.59 Å². The number of piperidine rings is 1. The van der Waals surface area contributed by atoms with Gasteiger partial charge in [0.2, 0.25) is 5.91 Å². The lowest BCUT2D eigenvalue weighted by molar-refractivity contribution is -0.154. The summed E-state index contributed by atoms with van der Waals surface area (Å²) in [5.74, 6) is -0.759. The molecule has 0 unspecified atom stereocenters. The van der Waals surface area contributed by atoms with E-state index in [1.165, 1.54) is 0 Å². The fraction of sp³-hybridized carbons (Fsp3) is 0.833. The maximum Gasteiger partial charge on any atom is 0.311 e. The van der Waals surface area contributed by atoms with Crippen molar-refractivity contribution < 1.29 is 14.7 Å². The second-order valence-electron chi connectivity index (χ2n) is 5.20. The molecule has 0 aromatic rings. The van der Waals surface area contributed by atoms with Crippen molar-refractivity contribution in [2.45, 2.75) is 32.1 Å². The van der Waals surface area contributed by atoms with Crippen LogP contribution in [0.1, 0.15) is 32.1 Å². The molecule has 3 N–H and O–H groups in total. The minimum absolute atomic E-state index is 0.00438. The second-order valence-corrected chi connectivity index (χ2v) is 5.20. The molecule has 0 spiro atoms. The smallest absolute Gasteiger partial charge is 0.311 e. The Balaban J connectivity index is 1.80. The summed E-state index contributed by atoms with van der Waals surface area (Å²) in [6.07, 6.45) is 4.24. The van der Waals surface area contributed by atoms with Crippen molar-refractivity contribution >= 4 is 11.9 Å². The van der Waals surface area contributed by atoms with E-state index >= 15 is 0 Å². The molecular weight excluding hydrogens is 220 g/mol. The molecule has 1 aliphatic carbocycles. The van der Waals surface area contributed by atoms with Gasteiger partial charge in [0, 0.05) is 13.1 Å². The van der Waals surface area contributed by atoms with Gasteiger partial charge in [0.05, 0.1) is 11.3 Å². The first-order valence-corrected chi connectivity index (χ1v) is 6.36. The van der Waals surface area contributed by atoms with Gasteiger partial charge in [-0.25, -0.2) is 0 Å². The van der Waals surface area contributed by atoms with Crippen LogP contribution in [0, 0.1) is 11.3 Å². The number of nitrogens with one attached hydrogen (secondary N) is 2. The van der Waals surface area contributed by atoms with E-state index in [-0.39, 0.29) is 18.4 Å². The SMILES string of the molecule is O=C(NCC1(C(=O)O)CCC1)[C@@H]1CCCNC1. The van der Waals surface area contributed by atoms with Crippen molar-refractivity contribution in [2.24, 2.45) is 11.3 Å². The summed E-state index contributed by atoms with van der Waals surface area (Å²) in [7, 11) is 0. The summed E-state index contributed by atoms with van der Waals surface area (Å²) in [5, 5.41) is 15.1. The lowest BCUT2D eigenvalue weighted by Gasteiger charge is -2.38. The van der Waals surface area contributed by atoms with Crippen LogP contribution in [0.2, 0.25) is 0 Å². The normalized spacial score (nSPS) is 26.9. The lowest BCUT2D eigenvalue weighted by atomic mass is 9.68. The van der Waals surface area contributed by atoms with Gasteiger partial charge in [-0.2, -0.15) is 0 Å². The molecule has 0 aromatic heterocycles. The van der Waals surface area contributed by atoms with Crippen LogP contribution in [-0.2, 0) is 9.59 Å². The highest BCUT2D eigenvalue weighted by Crippen LogP contribution is 2.40. The molecule has 96 valence electrons. The third kappa shape index (κ3) is 2.60. The molecule has 1 heterocycles. The predicted molar refractivity (Wildman–Crippen MR) is 62.5 cm³/mol. The van der Waals surface area contributed by atoms with Crippen molar-refractivity contribution in [3.8, 4) is 0 Å². The Morgan fingerprint density at radius 3 is 2.59 bits per heavy atom. The van der Waals surface area contributed by atoms with E-state index in [0.717, 1.165) is 25.8 Å². The molecule has 2 aliphatic rings. The van der Waals surface area contributed by atoms with Crippen LogP contribution in [0.15, 0.2) is 0 Å². The molecular formula is C12H20N2O3. The summed E-state index contributed by atoms with van der Waals surface area (Å²) in [4.78, 5) is 23.0. The zero-order chi connectivity index (χ0) is 12.3. The van der Waals surface area contributed by atoms with Crippen LogP contribution in [-0.4, -0.2) is 36.6 Å². The number of rotatable bonds is 4. The summed E-state index contributed by atoms with van der Waals surface area (Å²) >= 11 is 0. The predicted octanol–water partition coefficient (Wildman–Crippen LogP) is 0.357. The zero-order valence-corrected chi connectivity index (χ0v) is 10.00. The fourth-order valence-corrected chi connectivity index (χ4v) is 2.55. The highest BCUT2D eigenvalue weighted by molar-refractivity contribution is 5.81. The lowest BCUT2D eigenvalue weighted by Crippen LogP contribution is -2.50. The fourth-order valence-electron chi connectivity index (χ4n) is 2.55. The Morgan fingerprint density at radius 2 is 2.12 bits per heavy atom. The molecule has 0 radical (unpaired) electrons. The van der Waals surface area contributed by atoms with Crippen LogP contribution >= 0.6 is 0 Å². The van der Waals surface area contributed by atoms with Gasteiger partial charge < -0.3 is 15.7 Å². The number of carbonyl (C=O) groups is 2. The van der Waals surface area contributed by atoms with Crippen LogP contribution in [0.3, 0.4) is 0 Å². The Labute approximate surface area is 101 Å². The molecule has 1 aliphatic heterocycles. The molecule has 1 saturated carbocycles. The third-order valence-corrected chi connectivity index (χ3v) is 4.03. The van der Waals surface area contributed by atoms with Gasteiger partial charge in [0.15, 0.2) is 0 Å². The second kappa shape index (κ2) is 5.04. The first-order chi connectivity index (χ1) is 8.14. The van der Waals surface area contributed by atoms with Crippen molar-refractivity contribution in [3.63, 3.8) is 0 Å². The average Bonchev–Trinajstić information content (AvgIpc) is 2.28. The molecule has 1 atom stereocenters. The summed E-state index contributed by atoms with van der Waals surface area (Å²) < 4.78 is 0. The van der Waals surface area contributed by atoms with Gasteiger partial charge in [0.1, 0.15) is 0 Å². The van der Waals surface area contributed by atoms with Crippen molar-refractivity contribution in [1.82, 2.24) is 10.6 Å². The van der Waals surface area contributed by atoms with Crippen LogP contribution in [0.5, 0.6) is 0 Å². The average molecular weight is 240 g/mol. The van der Waals surface area contributed by atoms with E-state index in [1.54, 1.807) is 0 Å². The number of carboxylic acid groups (broad SMARTS) is 1. The largest absolute Gasteiger partial charge is 0.481 e. The van der Waals surface area contributed by atoms with Crippen molar-refractivity contribution in [1.29, 1.82) is 0 Å². The molecule has 1 saturated heterocycles. The van der Waals surface area contributed by atoms with Gasteiger partial charge in [-0.15, -0.1) is 0 Å². The minimum atomic E-state index is -0.772. The van der Waals surface area contributed by atoms with E-state index in [9.17, 15) is 9.59 Å². The maximum atomic E-state index is 11.9. The Bertz CT molecular complexity index is 307. The molecule has 17 heavy (non-hydrogen) atoms. The molecule has 5 heteroatoms. The van der Waals surface area contributed by atoms with Crippen molar-refractivity contribution in [2.75, 3.05) is 19.6 Å². The quantitative estimate of drug-likeness (QED) is 0.663. The van der Waals surface area contributed by atoms with E-state index in [1.807, 2.05) is 0 Å². The molecule has 0 bridgehead atoms. The molecule has 0 aromatic carbocycles. The minimum Gasteiger partial charge on any atom is -0.481 e. The number of amides is 1. The van der Waals surface area contributed by atoms with E-state index in [4.69, 9.17) is 5.11 Å². The Morgan fingerprint density at radius 1 is 1.35 bits per heavy atom. The molecule has 2 rings (SSSR count). The van der Waals surface area contributed by atoms with Crippen LogP contribution < -0.4 is 10.6 Å². The highest BCUT2D eigenvalue weighted by atomic mass is 16.4. The number of hydrogen-bond acceptors (Lipinski definition) is 3. The van der Waals surface area contributed by atoms with E-state index < -0.39 is 11.4 Å². The first kappa shape index (κ1) is 12.4. The van der Waals surface area contributed by atoms with Gasteiger partial charge >= 0.3 is 5.97 Å². The summed E-state index contributed by atoms with van der Waals surface area (Å²) in [6, 6.07) is 0. The number of aliphatic carboxylic acids is 1. The van der Waals surface area contributed by atoms with Crippen LogP contribution in [0.4, 0.5) is 0 Å². The van der Waals surface area contributed by atoms with Gasteiger partial charge in [0.25, 0.3) is 0 Å². The number of carbonyl (C=O) groups excluding carboxylic acids is 1. The standard InChI is InChI=1S/C12H20N2O3/c15-10(9-3-1-6-13-7-9)14-8-12(11(16)17)4-2-5-12/h9,13H,1-8H2,(H,14,15)(H,16,17)/t9-/m1/s1. The van der Waals surface area contributed by atoms with Crippen LogP contribution in [0.25, 0.3) is 0 Å². The highest BCUT2D eigenvalue weighted by Gasteiger charge is 2.44. The Hall–Kier alpha value is -1.10. The van der Waals surface area contributed by atoms with Gasteiger partial charge in [-0.1, -0.05) is 6.42 Å². The topological polar surface area (TPSA) is 78.4 Å². The van der Waals surface area contributed by atoms with Crippen molar-refractivity contribution in [3.05, 3.63) is 0 Å². The molecule has 2 fully saturated rings. The molecule has 5 nitrogen and oxygen atoms in total. The van der Waals surface area contributed by atoms with E-state index in [2.05, 4.69) is 10.6 Å². The number of hydrogen-bond donors (Lipinski definition) is 3. The summed E-state index contributed by atoms with van der Waals surface area (Å²) in [6.45, 7) is 1.98.